The zero-order valence-corrected chi connectivity index (χ0v) is 18.6. The molecule has 6 heteroatoms. The minimum atomic E-state index is -0.420. The minimum absolute atomic E-state index is 0.0252. The van der Waals surface area contributed by atoms with E-state index in [4.69, 9.17) is 0 Å². The second-order valence-corrected chi connectivity index (χ2v) is 9.44. The number of hydrogen-bond acceptors (Lipinski definition) is 2. The van der Waals surface area contributed by atoms with Crippen molar-refractivity contribution >= 4 is 11.8 Å². The number of carbonyl (C=O) groups is 2. The van der Waals surface area contributed by atoms with Crippen molar-refractivity contribution in [2.75, 3.05) is 45.8 Å². The van der Waals surface area contributed by atoms with Crippen molar-refractivity contribution in [3.63, 3.8) is 0 Å². The van der Waals surface area contributed by atoms with Crippen LogP contribution >= 0.6 is 0 Å². The molecule has 0 aromatic carbocycles. The molecule has 1 aliphatic carbocycles. The van der Waals surface area contributed by atoms with Gasteiger partial charge in [0.2, 0.25) is 11.8 Å². The summed E-state index contributed by atoms with van der Waals surface area (Å²) in [4.78, 5) is 28.6. The topological polar surface area (TPSA) is 67.1 Å². The first-order valence-electron chi connectivity index (χ1n) is 11.7. The second-order valence-electron chi connectivity index (χ2n) is 9.44. The molecule has 0 aromatic rings. The molecule has 2 rings (SSSR count). The Balaban J connectivity index is 1.68. The van der Waals surface area contributed by atoms with Crippen LogP contribution in [0.3, 0.4) is 0 Å². The fourth-order valence-electron chi connectivity index (χ4n) is 4.55. The van der Waals surface area contributed by atoms with Crippen molar-refractivity contribution in [2.45, 2.75) is 65.8 Å². The molecule has 2 amide bonds. The van der Waals surface area contributed by atoms with Crippen molar-refractivity contribution in [3.8, 4) is 0 Å². The van der Waals surface area contributed by atoms with Gasteiger partial charge >= 0.3 is 0 Å². The normalized spacial score (nSPS) is 29.3. The van der Waals surface area contributed by atoms with E-state index in [9.17, 15) is 9.59 Å². The molecule has 1 atom stereocenters. The van der Waals surface area contributed by atoms with Gasteiger partial charge in [0.25, 0.3) is 0 Å². The lowest BCUT2D eigenvalue weighted by molar-refractivity contribution is -1.01. The van der Waals surface area contributed by atoms with Crippen molar-refractivity contribution in [1.82, 2.24) is 10.6 Å². The van der Waals surface area contributed by atoms with Gasteiger partial charge in [-0.05, 0) is 44.4 Å². The Hall–Kier alpha value is -1.14. The lowest BCUT2D eigenvalue weighted by Crippen LogP contribution is -3.28. The molecule has 0 aromatic heterocycles. The molecule has 0 bridgehead atoms. The summed E-state index contributed by atoms with van der Waals surface area (Å²) in [6.07, 6.45) is 5.15. The average molecular weight is 397 g/mol. The number of rotatable bonds is 9. The third kappa shape index (κ3) is 7.36. The highest BCUT2D eigenvalue weighted by Crippen LogP contribution is 2.28. The second kappa shape index (κ2) is 11.8. The van der Waals surface area contributed by atoms with Gasteiger partial charge in [-0.3, -0.25) is 9.59 Å². The van der Waals surface area contributed by atoms with Crippen LogP contribution in [0.1, 0.15) is 59.8 Å². The number of amides is 2. The fourth-order valence-corrected chi connectivity index (χ4v) is 4.55. The van der Waals surface area contributed by atoms with E-state index in [0.29, 0.717) is 6.54 Å². The highest BCUT2D eigenvalue weighted by Gasteiger charge is 2.29. The van der Waals surface area contributed by atoms with Crippen molar-refractivity contribution in [2.24, 2.45) is 17.8 Å². The third-order valence-electron chi connectivity index (χ3n) is 6.80. The van der Waals surface area contributed by atoms with E-state index in [-0.39, 0.29) is 23.7 Å². The smallest absolute Gasteiger partial charge is 0.242 e. The van der Waals surface area contributed by atoms with Crippen LogP contribution in [0.25, 0.3) is 0 Å². The molecule has 1 saturated heterocycles. The Kier molecular flexibility index (Phi) is 9.72. The van der Waals surface area contributed by atoms with E-state index in [1.54, 1.807) is 9.80 Å². The summed E-state index contributed by atoms with van der Waals surface area (Å²) in [5.74, 6) is 0.950. The molecule has 1 saturated carbocycles. The van der Waals surface area contributed by atoms with Crippen LogP contribution in [0.2, 0.25) is 0 Å². The largest absolute Gasteiger partial charge is 0.354 e. The summed E-state index contributed by atoms with van der Waals surface area (Å²) in [7, 11) is 0. The molecular weight excluding hydrogens is 352 g/mol. The lowest BCUT2D eigenvalue weighted by atomic mass is 9.82. The van der Waals surface area contributed by atoms with Gasteiger partial charge in [0.1, 0.15) is 32.2 Å². The molecule has 28 heavy (non-hydrogen) atoms. The van der Waals surface area contributed by atoms with Gasteiger partial charge in [0.05, 0.1) is 13.1 Å². The summed E-state index contributed by atoms with van der Waals surface area (Å²) < 4.78 is 0. The number of carbonyl (C=O) groups excluding carboxylic acids is 2. The van der Waals surface area contributed by atoms with Gasteiger partial charge in [-0.25, -0.2) is 0 Å². The molecule has 0 radical (unpaired) electrons. The first-order valence-corrected chi connectivity index (χ1v) is 11.7. The molecule has 4 N–H and O–H groups in total. The minimum Gasteiger partial charge on any atom is -0.354 e. The average Bonchev–Trinajstić information content (AvgIpc) is 2.69. The predicted molar refractivity (Wildman–Crippen MR) is 112 cm³/mol. The molecule has 2 aliphatic rings. The highest BCUT2D eigenvalue weighted by molar-refractivity contribution is 5.88. The Morgan fingerprint density at radius 1 is 1.00 bits per heavy atom. The molecular formula is C22H44N4O2+2. The Morgan fingerprint density at radius 3 is 2.18 bits per heavy atom. The fraction of sp³-hybridized carbons (Fsp3) is 0.909. The van der Waals surface area contributed by atoms with E-state index >= 15 is 0 Å². The van der Waals surface area contributed by atoms with Gasteiger partial charge in [0.15, 0.2) is 0 Å². The van der Waals surface area contributed by atoms with Crippen LogP contribution in [-0.2, 0) is 9.59 Å². The van der Waals surface area contributed by atoms with Crippen LogP contribution < -0.4 is 20.4 Å². The summed E-state index contributed by atoms with van der Waals surface area (Å²) in [6, 6.07) is -0.420. The zero-order valence-electron chi connectivity index (χ0n) is 18.6. The third-order valence-corrected chi connectivity index (χ3v) is 6.80. The molecule has 1 aliphatic heterocycles. The standard InChI is InChI=1S/C22H42N4O2/c1-5-25-13-15-26(16-14-25)12-6-11-23-22(28)20(17(2)3)24-21(27)19-9-7-18(4)8-10-19/h17-20H,5-16H2,1-4H3,(H,23,28)(H,24,27)/p+2/t18?,19?,20-/m0/s1. The number of piperazine rings is 1. The Morgan fingerprint density at radius 2 is 1.61 bits per heavy atom. The summed E-state index contributed by atoms with van der Waals surface area (Å²) in [5.41, 5.74) is 0. The maximum atomic E-state index is 12.7. The van der Waals surface area contributed by atoms with Crippen LogP contribution in [-0.4, -0.2) is 63.7 Å². The van der Waals surface area contributed by atoms with E-state index in [1.165, 1.54) is 32.7 Å². The monoisotopic (exact) mass is 396 g/mol. The van der Waals surface area contributed by atoms with Gasteiger partial charge in [-0.1, -0.05) is 20.8 Å². The summed E-state index contributed by atoms with van der Waals surface area (Å²) >= 11 is 0. The van der Waals surface area contributed by atoms with E-state index in [1.807, 2.05) is 13.8 Å². The van der Waals surface area contributed by atoms with E-state index in [0.717, 1.165) is 44.6 Å². The van der Waals surface area contributed by atoms with E-state index < -0.39 is 6.04 Å². The van der Waals surface area contributed by atoms with Crippen LogP contribution in [0, 0.1) is 17.8 Å². The molecule has 0 unspecified atom stereocenters. The maximum Gasteiger partial charge on any atom is 0.242 e. The maximum absolute atomic E-state index is 12.7. The van der Waals surface area contributed by atoms with Crippen LogP contribution in [0.15, 0.2) is 0 Å². The van der Waals surface area contributed by atoms with Crippen LogP contribution in [0.4, 0.5) is 0 Å². The van der Waals surface area contributed by atoms with Gasteiger partial charge in [-0.2, -0.15) is 0 Å². The number of nitrogens with one attached hydrogen (secondary N) is 4. The summed E-state index contributed by atoms with van der Waals surface area (Å²) in [6.45, 7) is 16.6. The molecule has 0 spiro atoms. The first-order chi connectivity index (χ1) is 13.4. The molecule has 2 fully saturated rings. The van der Waals surface area contributed by atoms with E-state index in [2.05, 4.69) is 24.5 Å². The quantitative estimate of drug-likeness (QED) is 0.388. The van der Waals surface area contributed by atoms with Gasteiger partial charge in [-0.15, -0.1) is 0 Å². The zero-order chi connectivity index (χ0) is 20.5. The predicted octanol–water partition coefficient (Wildman–Crippen LogP) is -0.737. The summed E-state index contributed by atoms with van der Waals surface area (Å²) in [5, 5.41) is 6.11. The molecule has 6 nitrogen and oxygen atoms in total. The lowest BCUT2D eigenvalue weighted by Gasteiger charge is -2.29. The number of hydrogen-bond donors (Lipinski definition) is 4. The van der Waals surface area contributed by atoms with Gasteiger partial charge < -0.3 is 20.4 Å². The SMILES string of the molecule is CC[NH+]1CC[NH+](CCCNC(=O)[C@@H](NC(=O)C2CCC(C)CC2)C(C)C)CC1. The number of likely N-dealkylation sites (N-methyl/N-ethyl adjacent to an activating group) is 1. The Bertz CT molecular complexity index is 481. The first kappa shape index (κ1) is 23.1. The molecule has 1 heterocycles. The van der Waals surface area contributed by atoms with Gasteiger partial charge in [0, 0.05) is 18.9 Å². The number of quaternary nitrogens is 2. The van der Waals surface area contributed by atoms with Crippen molar-refractivity contribution in [3.05, 3.63) is 0 Å². The van der Waals surface area contributed by atoms with Crippen molar-refractivity contribution in [1.29, 1.82) is 0 Å². The Labute approximate surface area is 171 Å². The molecule has 162 valence electrons. The van der Waals surface area contributed by atoms with Crippen molar-refractivity contribution < 1.29 is 19.4 Å². The highest BCUT2D eigenvalue weighted by atomic mass is 16.2. The van der Waals surface area contributed by atoms with Crippen LogP contribution in [0.5, 0.6) is 0 Å².